The average Bonchev–Trinajstić information content (AvgIpc) is 2.28. The van der Waals surface area contributed by atoms with Gasteiger partial charge in [-0.05, 0) is 0 Å². The SMILES string of the molecule is ClP1(Cl)(Cl)Oc2ccccc2-c2ccccc21. The summed E-state index contributed by atoms with van der Waals surface area (Å²) in [7, 11) is 0. The fourth-order valence-corrected chi connectivity index (χ4v) is 5.44. The summed E-state index contributed by atoms with van der Waals surface area (Å²) in [5.74, 6) is 0.629. The quantitative estimate of drug-likeness (QED) is 0.600. The molecule has 0 aliphatic carbocycles. The van der Waals surface area contributed by atoms with Crippen LogP contribution in [0.15, 0.2) is 48.5 Å². The van der Waals surface area contributed by atoms with E-state index >= 15 is 0 Å². The Morgan fingerprint density at radius 1 is 0.765 bits per heavy atom. The van der Waals surface area contributed by atoms with Crippen molar-refractivity contribution in [3.63, 3.8) is 0 Å². The van der Waals surface area contributed by atoms with Gasteiger partial charge in [0.25, 0.3) is 0 Å². The summed E-state index contributed by atoms with van der Waals surface area (Å²) in [5.41, 5.74) is 1.90. The Kier molecular flexibility index (Phi) is 2.41. The number of fused-ring (bicyclic) bond motifs is 3. The molecular formula is C12H8Cl3OP. The van der Waals surface area contributed by atoms with Gasteiger partial charge in [0.15, 0.2) is 0 Å². The third-order valence-electron chi connectivity index (χ3n) is 2.70. The van der Waals surface area contributed by atoms with Gasteiger partial charge in [0.1, 0.15) is 0 Å². The standard InChI is InChI=1S/C12H8Cl3OP/c13-17(14,15)12-8-4-2-6-10(12)9-5-1-3-7-11(9)16-17/h1-8H. The molecule has 1 aliphatic rings. The van der Waals surface area contributed by atoms with E-state index in [4.69, 9.17) is 38.2 Å². The van der Waals surface area contributed by atoms with Crippen molar-refractivity contribution in [3.8, 4) is 16.9 Å². The molecule has 0 atom stereocenters. The second-order valence-corrected chi connectivity index (χ2v) is 13.4. The van der Waals surface area contributed by atoms with E-state index in [1.54, 1.807) is 0 Å². The first kappa shape index (κ1) is 11.6. The summed E-state index contributed by atoms with van der Waals surface area (Å²) in [6.07, 6.45) is 0. The van der Waals surface area contributed by atoms with Crippen molar-refractivity contribution in [2.24, 2.45) is 0 Å². The molecule has 0 saturated heterocycles. The van der Waals surface area contributed by atoms with Crippen LogP contribution in [-0.2, 0) is 0 Å². The Morgan fingerprint density at radius 2 is 1.35 bits per heavy atom. The van der Waals surface area contributed by atoms with Crippen LogP contribution in [0.2, 0.25) is 0 Å². The van der Waals surface area contributed by atoms with Gasteiger partial charge in [-0.25, -0.2) is 0 Å². The van der Waals surface area contributed by atoms with Gasteiger partial charge in [-0.2, -0.15) is 0 Å². The van der Waals surface area contributed by atoms with E-state index in [0.29, 0.717) is 11.1 Å². The minimum atomic E-state index is -3.82. The molecule has 3 rings (SSSR count). The predicted molar refractivity (Wildman–Crippen MR) is 76.6 cm³/mol. The number of hydrogen-bond acceptors (Lipinski definition) is 1. The molecule has 2 aromatic rings. The zero-order chi connectivity index (χ0) is 12.1. The van der Waals surface area contributed by atoms with E-state index in [1.807, 2.05) is 48.5 Å². The van der Waals surface area contributed by atoms with Crippen LogP contribution < -0.4 is 9.83 Å². The second-order valence-electron chi connectivity index (χ2n) is 3.85. The first-order valence-electron chi connectivity index (χ1n) is 5.02. The molecule has 5 heteroatoms. The molecule has 0 unspecified atom stereocenters. The van der Waals surface area contributed by atoms with Crippen LogP contribution >= 0.6 is 38.6 Å². The van der Waals surface area contributed by atoms with E-state index in [1.165, 1.54) is 0 Å². The van der Waals surface area contributed by atoms with Gasteiger partial charge < -0.3 is 0 Å². The van der Waals surface area contributed by atoms with Crippen LogP contribution in [0.3, 0.4) is 0 Å². The zero-order valence-corrected chi connectivity index (χ0v) is 11.8. The molecule has 0 saturated carbocycles. The number of rotatable bonds is 0. The summed E-state index contributed by atoms with van der Waals surface area (Å²) in [5, 5.41) is 0.669. The molecule has 0 aromatic heterocycles. The molecule has 88 valence electrons. The van der Waals surface area contributed by atoms with Crippen LogP contribution in [0.1, 0.15) is 0 Å². The molecule has 17 heavy (non-hydrogen) atoms. The molecule has 0 amide bonds. The van der Waals surface area contributed by atoms with Gasteiger partial charge in [0.05, 0.1) is 0 Å². The molecule has 1 nitrogen and oxygen atoms in total. The van der Waals surface area contributed by atoms with Crippen molar-refractivity contribution in [1.82, 2.24) is 0 Å². The number of benzene rings is 2. The van der Waals surface area contributed by atoms with Crippen LogP contribution in [0.25, 0.3) is 11.1 Å². The van der Waals surface area contributed by atoms with Crippen molar-refractivity contribution in [3.05, 3.63) is 48.5 Å². The van der Waals surface area contributed by atoms with E-state index in [0.717, 1.165) is 11.1 Å². The van der Waals surface area contributed by atoms with Crippen molar-refractivity contribution < 1.29 is 4.52 Å². The van der Waals surface area contributed by atoms with Crippen molar-refractivity contribution in [1.29, 1.82) is 0 Å². The topological polar surface area (TPSA) is 9.23 Å². The van der Waals surface area contributed by atoms with Crippen LogP contribution in [0, 0.1) is 0 Å². The van der Waals surface area contributed by atoms with Crippen molar-refractivity contribution in [2.75, 3.05) is 0 Å². The summed E-state index contributed by atoms with van der Waals surface area (Å²) >= 11 is 19.0. The molecule has 1 heterocycles. The van der Waals surface area contributed by atoms with Gasteiger partial charge in [-0.15, -0.1) is 0 Å². The predicted octanol–water partition coefficient (Wildman–Crippen LogP) is 5.30. The molecular weight excluding hydrogens is 297 g/mol. The number of hydrogen-bond donors (Lipinski definition) is 0. The molecule has 0 spiro atoms. The number of halogens is 3. The van der Waals surface area contributed by atoms with Gasteiger partial charge in [-0.3, -0.25) is 0 Å². The van der Waals surface area contributed by atoms with E-state index in [-0.39, 0.29) is 0 Å². The molecule has 1 aliphatic heterocycles. The van der Waals surface area contributed by atoms with Gasteiger partial charge in [0.2, 0.25) is 0 Å². The maximum absolute atomic E-state index is 6.32. The number of para-hydroxylation sites is 1. The Bertz CT molecular complexity index is 604. The normalized spacial score (nSPS) is 21.2. The molecule has 0 N–H and O–H groups in total. The second kappa shape index (κ2) is 3.52. The fourth-order valence-electron chi connectivity index (χ4n) is 1.98. The molecule has 0 fully saturated rings. The van der Waals surface area contributed by atoms with Crippen molar-refractivity contribution >= 4 is 43.9 Å². The fraction of sp³-hybridized carbons (Fsp3) is 0. The molecule has 0 radical (unpaired) electrons. The van der Waals surface area contributed by atoms with E-state index in [2.05, 4.69) is 0 Å². The Hall–Kier alpha value is -0.460. The van der Waals surface area contributed by atoms with Gasteiger partial charge in [0, 0.05) is 0 Å². The Morgan fingerprint density at radius 3 is 2.12 bits per heavy atom. The van der Waals surface area contributed by atoms with E-state index < -0.39 is 4.89 Å². The third-order valence-corrected chi connectivity index (χ3v) is 6.59. The first-order valence-corrected chi connectivity index (χ1v) is 9.89. The molecule has 2 aromatic carbocycles. The van der Waals surface area contributed by atoms with Gasteiger partial charge >= 0.3 is 114 Å². The summed E-state index contributed by atoms with van der Waals surface area (Å²) < 4.78 is 5.66. The summed E-state index contributed by atoms with van der Waals surface area (Å²) in [6, 6.07) is 15.1. The first-order chi connectivity index (χ1) is 7.96. The van der Waals surface area contributed by atoms with Crippen LogP contribution in [-0.4, -0.2) is 0 Å². The van der Waals surface area contributed by atoms with E-state index in [9.17, 15) is 0 Å². The molecule has 0 bridgehead atoms. The summed E-state index contributed by atoms with van der Waals surface area (Å²) in [4.78, 5) is -3.82. The summed E-state index contributed by atoms with van der Waals surface area (Å²) in [6.45, 7) is 0. The third kappa shape index (κ3) is 1.82. The Labute approximate surface area is 114 Å². The maximum atomic E-state index is 6.32. The van der Waals surface area contributed by atoms with Crippen LogP contribution in [0.5, 0.6) is 5.75 Å². The van der Waals surface area contributed by atoms with Crippen LogP contribution in [0.4, 0.5) is 0 Å². The average molecular weight is 306 g/mol. The minimum absolute atomic E-state index is 0.629. The zero-order valence-electron chi connectivity index (χ0n) is 8.61. The Balaban J connectivity index is 2.39. The van der Waals surface area contributed by atoms with Crippen molar-refractivity contribution in [2.45, 2.75) is 0 Å². The monoisotopic (exact) mass is 304 g/mol. The van der Waals surface area contributed by atoms with Gasteiger partial charge in [-0.1, -0.05) is 0 Å².